The number of nitrogens with one attached hydrogen (secondary N) is 2. The van der Waals surface area contributed by atoms with Crippen molar-refractivity contribution >= 4 is 17.6 Å². The Kier molecular flexibility index (Phi) is 7.94. The molecule has 2 aliphatic heterocycles. The lowest BCUT2D eigenvalue weighted by atomic mass is 9.92. The normalized spacial score (nSPS) is 21.4. The molecule has 33 heavy (non-hydrogen) atoms. The molecule has 2 atom stereocenters. The predicted octanol–water partition coefficient (Wildman–Crippen LogP) is 4.10. The first-order valence-corrected chi connectivity index (χ1v) is 11.9. The Labute approximate surface area is 195 Å². The molecule has 0 aromatic heterocycles. The average molecular weight is 453 g/mol. The lowest BCUT2D eigenvalue weighted by molar-refractivity contribution is -0.139. The topological polar surface area (TPSA) is 64.7 Å². The molecule has 0 bridgehead atoms. The molecule has 7 heteroatoms. The van der Waals surface area contributed by atoms with Crippen molar-refractivity contribution in [3.63, 3.8) is 0 Å². The Morgan fingerprint density at radius 3 is 2.61 bits per heavy atom. The van der Waals surface area contributed by atoms with Crippen molar-refractivity contribution in [3.8, 4) is 0 Å². The zero-order chi connectivity index (χ0) is 23.0. The molecule has 176 valence electrons. The number of hydrogen-bond acceptors (Lipinski definition) is 3. The highest BCUT2D eigenvalue weighted by Gasteiger charge is 2.32. The van der Waals surface area contributed by atoms with Crippen molar-refractivity contribution < 1.29 is 14.0 Å². The number of halogens is 1. The van der Waals surface area contributed by atoms with E-state index < -0.39 is 0 Å². The van der Waals surface area contributed by atoms with Crippen LogP contribution in [0.25, 0.3) is 0 Å². The van der Waals surface area contributed by atoms with E-state index in [2.05, 4.69) is 39.8 Å². The molecule has 0 saturated carbocycles. The Hall–Kier alpha value is -2.93. The van der Waals surface area contributed by atoms with Crippen LogP contribution in [0.1, 0.15) is 31.2 Å². The van der Waals surface area contributed by atoms with Gasteiger partial charge in [0.1, 0.15) is 5.82 Å². The quantitative estimate of drug-likeness (QED) is 0.694. The molecule has 2 aromatic rings. The van der Waals surface area contributed by atoms with Gasteiger partial charge in [0.15, 0.2) is 0 Å². The predicted molar refractivity (Wildman–Crippen MR) is 127 cm³/mol. The standard InChI is InChI=1S/C26H33FN4O2/c27-23-11-4-12-24(15-23)29-26(33)28-16-21-9-5-14-31(18-21)25(32)22-10-6-13-30(19-22)17-20-7-2-1-3-8-20/h1-4,7-8,11-12,15,21-22H,5-6,9-10,13-14,16-19H2,(H2,28,29,33). The van der Waals surface area contributed by atoms with Crippen molar-refractivity contribution in [3.05, 3.63) is 66.0 Å². The summed E-state index contributed by atoms with van der Waals surface area (Å²) in [6.07, 6.45) is 3.92. The van der Waals surface area contributed by atoms with E-state index in [0.29, 0.717) is 18.8 Å². The summed E-state index contributed by atoms with van der Waals surface area (Å²) < 4.78 is 13.3. The maximum Gasteiger partial charge on any atom is 0.319 e. The first-order valence-electron chi connectivity index (χ1n) is 11.9. The van der Waals surface area contributed by atoms with Crippen LogP contribution in [0.15, 0.2) is 54.6 Å². The summed E-state index contributed by atoms with van der Waals surface area (Å²) in [6, 6.07) is 15.9. The van der Waals surface area contributed by atoms with E-state index in [1.165, 1.54) is 17.7 Å². The number of anilines is 1. The first kappa shape index (κ1) is 23.2. The molecule has 4 rings (SSSR count). The molecule has 2 unspecified atom stereocenters. The highest BCUT2D eigenvalue weighted by Crippen LogP contribution is 2.24. The summed E-state index contributed by atoms with van der Waals surface area (Å²) in [5, 5.41) is 5.53. The van der Waals surface area contributed by atoms with Crippen LogP contribution in [0.3, 0.4) is 0 Å². The highest BCUT2D eigenvalue weighted by molar-refractivity contribution is 5.89. The largest absolute Gasteiger partial charge is 0.342 e. The number of nitrogens with zero attached hydrogens (tertiary/aromatic N) is 2. The van der Waals surface area contributed by atoms with Crippen LogP contribution >= 0.6 is 0 Å². The number of piperidine rings is 2. The number of hydrogen-bond donors (Lipinski definition) is 2. The van der Waals surface area contributed by atoms with Crippen LogP contribution in [0, 0.1) is 17.7 Å². The van der Waals surface area contributed by atoms with Crippen molar-refractivity contribution in [2.45, 2.75) is 32.2 Å². The number of carbonyl (C=O) groups is 2. The third-order valence-electron chi connectivity index (χ3n) is 6.57. The summed E-state index contributed by atoms with van der Waals surface area (Å²) in [5.41, 5.74) is 1.71. The Balaban J connectivity index is 1.24. The zero-order valence-electron chi connectivity index (χ0n) is 19.0. The molecule has 0 radical (unpaired) electrons. The van der Waals surface area contributed by atoms with Crippen LogP contribution in [0.2, 0.25) is 0 Å². The van der Waals surface area contributed by atoms with E-state index >= 15 is 0 Å². The van der Waals surface area contributed by atoms with Gasteiger partial charge in [-0.25, -0.2) is 9.18 Å². The number of benzene rings is 2. The number of likely N-dealkylation sites (tertiary alicyclic amines) is 2. The lowest BCUT2D eigenvalue weighted by Crippen LogP contribution is -2.49. The SMILES string of the molecule is O=C(NCC1CCCN(C(=O)C2CCCN(Cc3ccccc3)C2)C1)Nc1cccc(F)c1. The fourth-order valence-electron chi connectivity index (χ4n) is 4.91. The molecule has 2 fully saturated rings. The Bertz CT molecular complexity index is 939. The second-order valence-corrected chi connectivity index (χ2v) is 9.20. The average Bonchev–Trinajstić information content (AvgIpc) is 2.83. The minimum absolute atomic E-state index is 0.0467. The van der Waals surface area contributed by atoms with Gasteiger partial charge in [-0.05, 0) is 61.9 Å². The van der Waals surface area contributed by atoms with Crippen LogP contribution in [-0.4, -0.2) is 54.5 Å². The van der Waals surface area contributed by atoms with Crippen molar-refractivity contribution in [1.82, 2.24) is 15.1 Å². The maximum absolute atomic E-state index is 13.3. The van der Waals surface area contributed by atoms with Crippen LogP contribution in [-0.2, 0) is 11.3 Å². The van der Waals surface area contributed by atoms with E-state index in [9.17, 15) is 14.0 Å². The molecule has 2 saturated heterocycles. The number of urea groups is 1. The second-order valence-electron chi connectivity index (χ2n) is 9.20. The fraction of sp³-hybridized carbons (Fsp3) is 0.462. The molecule has 3 amide bonds. The molecule has 2 aromatic carbocycles. The van der Waals surface area contributed by atoms with Crippen LogP contribution in [0.4, 0.5) is 14.9 Å². The smallest absolute Gasteiger partial charge is 0.319 e. The minimum Gasteiger partial charge on any atom is -0.342 e. The number of carbonyl (C=O) groups excluding carboxylic acids is 2. The maximum atomic E-state index is 13.3. The van der Waals surface area contributed by atoms with Gasteiger partial charge in [-0.3, -0.25) is 9.69 Å². The molecule has 2 aliphatic rings. The van der Waals surface area contributed by atoms with E-state index in [1.807, 2.05) is 11.0 Å². The van der Waals surface area contributed by atoms with Gasteiger partial charge in [0.25, 0.3) is 0 Å². The third-order valence-corrected chi connectivity index (χ3v) is 6.57. The molecule has 6 nitrogen and oxygen atoms in total. The summed E-state index contributed by atoms with van der Waals surface area (Å²) in [6.45, 7) is 4.69. The van der Waals surface area contributed by atoms with Gasteiger partial charge in [-0.1, -0.05) is 36.4 Å². The Morgan fingerprint density at radius 1 is 0.970 bits per heavy atom. The molecular weight excluding hydrogens is 419 g/mol. The zero-order valence-corrected chi connectivity index (χ0v) is 19.0. The lowest BCUT2D eigenvalue weighted by Gasteiger charge is -2.38. The molecule has 2 heterocycles. The van der Waals surface area contributed by atoms with Gasteiger partial charge >= 0.3 is 6.03 Å². The van der Waals surface area contributed by atoms with Gasteiger partial charge in [-0.2, -0.15) is 0 Å². The van der Waals surface area contributed by atoms with Gasteiger partial charge in [0.2, 0.25) is 5.91 Å². The minimum atomic E-state index is -0.390. The Morgan fingerprint density at radius 2 is 1.79 bits per heavy atom. The molecule has 0 aliphatic carbocycles. The summed E-state index contributed by atoms with van der Waals surface area (Å²) in [4.78, 5) is 29.8. The third kappa shape index (κ3) is 6.78. The monoisotopic (exact) mass is 452 g/mol. The van der Waals surface area contributed by atoms with Gasteiger partial charge in [0, 0.05) is 38.4 Å². The molecule has 2 N–H and O–H groups in total. The summed E-state index contributed by atoms with van der Waals surface area (Å²) >= 11 is 0. The van der Waals surface area contributed by atoms with Gasteiger partial charge in [0.05, 0.1) is 5.92 Å². The number of rotatable bonds is 6. The summed E-state index contributed by atoms with van der Waals surface area (Å²) in [7, 11) is 0. The summed E-state index contributed by atoms with van der Waals surface area (Å²) in [5.74, 6) is 0.136. The fourth-order valence-corrected chi connectivity index (χ4v) is 4.91. The molecule has 0 spiro atoms. The highest BCUT2D eigenvalue weighted by atomic mass is 19.1. The van der Waals surface area contributed by atoms with Crippen LogP contribution < -0.4 is 10.6 Å². The van der Waals surface area contributed by atoms with E-state index in [1.54, 1.807) is 12.1 Å². The van der Waals surface area contributed by atoms with Gasteiger partial charge < -0.3 is 15.5 Å². The first-order chi connectivity index (χ1) is 16.1. The van der Waals surface area contributed by atoms with E-state index in [4.69, 9.17) is 0 Å². The van der Waals surface area contributed by atoms with Crippen LogP contribution in [0.5, 0.6) is 0 Å². The van der Waals surface area contributed by atoms with Gasteiger partial charge in [-0.15, -0.1) is 0 Å². The van der Waals surface area contributed by atoms with Crippen molar-refractivity contribution in [2.75, 3.05) is 38.0 Å². The number of amides is 3. The van der Waals surface area contributed by atoms with E-state index in [0.717, 1.165) is 51.9 Å². The second kappa shape index (κ2) is 11.3. The molecular formula is C26H33FN4O2. The van der Waals surface area contributed by atoms with E-state index in [-0.39, 0.29) is 29.6 Å². The van der Waals surface area contributed by atoms with Crippen molar-refractivity contribution in [1.29, 1.82) is 0 Å². The van der Waals surface area contributed by atoms with Crippen molar-refractivity contribution in [2.24, 2.45) is 11.8 Å².